The molecule has 1 aromatic heterocycles. The first-order valence-electron chi connectivity index (χ1n) is 7.83. The van der Waals surface area contributed by atoms with Crippen molar-refractivity contribution < 1.29 is 8.42 Å². The van der Waals surface area contributed by atoms with E-state index in [2.05, 4.69) is 44.7 Å². The molecule has 6 nitrogen and oxygen atoms in total. The topological polar surface area (TPSA) is 75.2 Å². The van der Waals surface area contributed by atoms with Gasteiger partial charge in [0.1, 0.15) is 12.1 Å². The zero-order valence-corrected chi connectivity index (χ0v) is 14.3. The first-order valence-corrected chi connectivity index (χ1v) is 9.72. The fourth-order valence-electron chi connectivity index (χ4n) is 3.10. The average Bonchev–Trinajstić information content (AvgIpc) is 2.52. The number of hydrogen-bond donors (Lipinski definition) is 1. The summed E-state index contributed by atoms with van der Waals surface area (Å²) in [5.74, 6) is 1.24. The van der Waals surface area contributed by atoms with Crippen LogP contribution in [0.15, 0.2) is 24.5 Å². The van der Waals surface area contributed by atoms with Gasteiger partial charge in [-0.1, -0.05) is 6.07 Å². The molecule has 1 N–H and O–H groups in total. The van der Waals surface area contributed by atoms with Crippen LogP contribution in [0.5, 0.6) is 0 Å². The van der Waals surface area contributed by atoms with Crippen LogP contribution in [-0.4, -0.2) is 44.3 Å². The number of nitrogens with one attached hydrogen (secondary N) is 1. The van der Waals surface area contributed by atoms with E-state index in [1.54, 1.807) is 6.33 Å². The van der Waals surface area contributed by atoms with E-state index in [9.17, 15) is 8.42 Å². The molecule has 1 aromatic carbocycles. The number of piperidine rings is 1. The molecular weight excluding hydrogens is 312 g/mol. The molecule has 0 bridgehead atoms. The minimum atomic E-state index is -3.14. The number of fused-ring (bicyclic) bond motifs is 1. The molecule has 1 aliphatic rings. The van der Waals surface area contributed by atoms with Crippen molar-refractivity contribution in [3.63, 3.8) is 0 Å². The third-order valence-electron chi connectivity index (χ3n) is 4.22. The van der Waals surface area contributed by atoms with Gasteiger partial charge in [-0.3, -0.25) is 0 Å². The molecule has 3 rings (SSSR count). The van der Waals surface area contributed by atoms with Crippen molar-refractivity contribution in [1.29, 1.82) is 0 Å². The van der Waals surface area contributed by atoms with E-state index in [1.165, 1.54) is 11.8 Å². The van der Waals surface area contributed by atoms with Gasteiger partial charge < -0.3 is 4.90 Å². The highest BCUT2D eigenvalue weighted by Gasteiger charge is 2.23. The predicted octanol–water partition coefficient (Wildman–Crippen LogP) is 1.70. The molecule has 0 saturated carbocycles. The molecule has 1 unspecified atom stereocenters. The Hall–Kier alpha value is -1.73. The fourth-order valence-corrected chi connectivity index (χ4v) is 3.64. The van der Waals surface area contributed by atoms with Crippen LogP contribution in [0.2, 0.25) is 0 Å². The van der Waals surface area contributed by atoms with Crippen LogP contribution in [0.1, 0.15) is 18.4 Å². The predicted molar refractivity (Wildman–Crippen MR) is 92.1 cm³/mol. The second kappa shape index (κ2) is 6.41. The third kappa shape index (κ3) is 3.97. The number of aryl methyl sites for hydroxylation is 1. The molecule has 0 spiro atoms. The lowest BCUT2D eigenvalue weighted by Gasteiger charge is -2.34. The minimum absolute atomic E-state index is 0.300. The average molecular weight is 334 g/mol. The highest BCUT2D eigenvalue weighted by atomic mass is 32.2. The van der Waals surface area contributed by atoms with Crippen LogP contribution in [0.3, 0.4) is 0 Å². The van der Waals surface area contributed by atoms with E-state index in [0.29, 0.717) is 12.5 Å². The second-order valence-corrected chi connectivity index (χ2v) is 8.13. The summed E-state index contributed by atoms with van der Waals surface area (Å²) < 4.78 is 25.2. The van der Waals surface area contributed by atoms with Crippen molar-refractivity contribution >= 4 is 26.7 Å². The summed E-state index contributed by atoms with van der Waals surface area (Å²) in [6, 6.07) is 6.20. The van der Waals surface area contributed by atoms with Crippen molar-refractivity contribution in [2.24, 2.45) is 5.92 Å². The van der Waals surface area contributed by atoms with Crippen LogP contribution < -0.4 is 9.62 Å². The molecule has 0 radical (unpaired) electrons. The maximum Gasteiger partial charge on any atom is 0.208 e. The fraction of sp³-hybridized carbons (Fsp3) is 0.500. The second-order valence-electron chi connectivity index (χ2n) is 6.29. The third-order valence-corrected chi connectivity index (χ3v) is 4.91. The van der Waals surface area contributed by atoms with E-state index in [1.807, 2.05) is 0 Å². The Morgan fingerprint density at radius 3 is 2.96 bits per heavy atom. The Kier molecular flexibility index (Phi) is 4.50. The number of aromatic nitrogens is 2. The van der Waals surface area contributed by atoms with Gasteiger partial charge in [0.25, 0.3) is 0 Å². The van der Waals surface area contributed by atoms with Crippen molar-refractivity contribution in [3.8, 4) is 0 Å². The normalized spacial score (nSPS) is 19.2. The molecule has 0 aliphatic carbocycles. The van der Waals surface area contributed by atoms with Crippen LogP contribution >= 0.6 is 0 Å². The monoisotopic (exact) mass is 334 g/mol. The van der Waals surface area contributed by atoms with E-state index in [4.69, 9.17) is 0 Å². The lowest BCUT2D eigenvalue weighted by molar-refractivity contribution is 0.410. The summed E-state index contributed by atoms with van der Waals surface area (Å²) in [6.45, 7) is 4.28. The molecule has 0 amide bonds. The molecule has 1 atom stereocenters. The van der Waals surface area contributed by atoms with Gasteiger partial charge in [-0.05, 0) is 43.4 Å². The van der Waals surface area contributed by atoms with Crippen molar-refractivity contribution in [2.75, 3.05) is 30.8 Å². The Morgan fingerprint density at radius 1 is 1.35 bits per heavy atom. The van der Waals surface area contributed by atoms with Crippen LogP contribution in [0.4, 0.5) is 5.82 Å². The SMILES string of the molecule is Cc1ccc2c(N3CCCC(CNS(C)(=O)=O)C3)ncnc2c1. The largest absolute Gasteiger partial charge is 0.356 e. The Morgan fingerprint density at radius 2 is 2.17 bits per heavy atom. The molecule has 2 heterocycles. The highest BCUT2D eigenvalue weighted by molar-refractivity contribution is 7.88. The van der Waals surface area contributed by atoms with Crippen molar-refractivity contribution in [1.82, 2.24) is 14.7 Å². The molecule has 7 heteroatoms. The molecule has 124 valence electrons. The first-order chi connectivity index (χ1) is 10.9. The van der Waals surface area contributed by atoms with Crippen LogP contribution in [-0.2, 0) is 10.0 Å². The van der Waals surface area contributed by atoms with E-state index in [-0.39, 0.29) is 0 Å². The summed E-state index contributed by atoms with van der Waals surface area (Å²) in [6.07, 6.45) is 4.87. The molecule has 1 fully saturated rings. The summed E-state index contributed by atoms with van der Waals surface area (Å²) in [4.78, 5) is 11.1. The lowest BCUT2D eigenvalue weighted by atomic mass is 9.98. The first kappa shape index (κ1) is 16.1. The number of anilines is 1. The van der Waals surface area contributed by atoms with E-state index in [0.717, 1.165) is 42.7 Å². The van der Waals surface area contributed by atoms with Gasteiger partial charge in [0.05, 0.1) is 11.8 Å². The standard InChI is InChI=1S/C16H22N4O2S/c1-12-5-6-14-15(8-12)17-11-18-16(14)20-7-3-4-13(10-20)9-19-23(2,21)22/h5-6,8,11,13,19H,3-4,7,9-10H2,1-2H3. The Balaban J connectivity index is 1.81. The Bertz CT molecular complexity index is 807. The zero-order chi connectivity index (χ0) is 16.4. The molecular formula is C16H22N4O2S. The summed E-state index contributed by atoms with van der Waals surface area (Å²) in [5.41, 5.74) is 2.13. The number of benzene rings is 1. The van der Waals surface area contributed by atoms with Gasteiger partial charge in [0, 0.05) is 25.0 Å². The molecule has 1 saturated heterocycles. The lowest BCUT2D eigenvalue weighted by Crippen LogP contribution is -2.41. The molecule has 2 aromatic rings. The van der Waals surface area contributed by atoms with Crippen LogP contribution in [0, 0.1) is 12.8 Å². The Labute approximate surface area is 137 Å². The van der Waals surface area contributed by atoms with Gasteiger partial charge >= 0.3 is 0 Å². The van der Waals surface area contributed by atoms with Gasteiger partial charge in [0.15, 0.2) is 0 Å². The number of nitrogens with zero attached hydrogens (tertiary/aromatic N) is 3. The van der Waals surface area contributed by atoms with E-state index < -0.39 is 10.0 Å². The minimum Gasteiger partial charge on any atom is -0.356 e. The van der Waals surface area contributed by atoms with Gasteiger partial charge in [-0.25, -0.2) is 23.1 Å². The quantitative estimate of drug-likeness (QED) is 0.921. The smallest absolute Gasteiger partial charge is 0.208 e. The maximum absolute atomic E-state index is 11.3. The van der Waals surface area contributed by atoms with Crippen molar-refractivity contribution in [3.05, 3.63) is 30.1 Å². The summed E-state index contributed by atoms with van der Waals surface area (Å²) in [5, 5.41) is 1.05. The van der Waals surface area contributed by atoms with Gasteiger partial charge in [-0.2, -0.15) is 0 Å². The van der Waals surface area contributed by atoms with E-state index >= 15 is 0 Å². The van der Waals surface area contributed by atoms with Gasteiger partial charge in [-0.15, -0.1) is 0 Å². The van der Waals surface area contributed by atoms with Crippen molar-refractivity contribution in [2.45, 2.75) is 19.8 Å². The molecule has 1 aliphatic heterocycles. The van der Waals surface area contributed by atoms with Crippen LogP contribution in [0.25, 0.3) is 10.9 Å². The summed E-state index contributed by atoms with van der Waals surface area (Å²) in [7, 11) is -3.14. The van der Waals surface area contributed by atoms with Gasteiger partial charge in [0.2, 0.25) is 10.0 Å². The summed E-state index contributed by atoms with van der Waals surface area (Å²) >= 11 is 0. The molecule has 23 heavy (non-hydrogen) atoms. The maximum atomic E-state index is 11.3. The highest BCUT2D eigenvalue weighted by Crippen LogP contribution is 2.27. The number of hydrogen-bond acceptors (Lipinski definition) is 5. The number of sulfonamides is 1. The zero-order valence-electron chi connectivity index (χ0n) is 13.5. The number of rotatable bonds is 4.